The van der Waals surface area contributed by atoms with Crippen LogP contribution in [-0.4, -0.2) is 47.8 Å². The van der Waals surface area contributed by atoms with E-state index in [4.69, 9.17) is 11.6 Å². The largest absolute Gasteiger partial charge is 0.340 e. The summed E-state index contributed by atoms with van der Waals surface area (Å²) in [6.45, 7) is 3.43. The summed E-state index contributed by atoms with van der Waals surface area (Å²) in [5.74, 6) is -0.0135. The molecule has 0 spiro atoms. The summed E-state index contributed by atoms with van der Waals surface area (Å²) in [6.07, 6.45) is 2.35. The number of carbonyl (C=O) groups is 1. The second-order valence-corrected chi connectivity index (χ2v) is 5.52. The van der Waals surface area contributed by atoms with Crippen LogP contribution in [0.1, 0.15) is 23.0 Å². The van der Waals surface area contributed by atoms with Gasteiger partial charge in [0.15, 0.2) is 0 Å². The number of carbonyl (C=O) groups excluding carboxylic acids is 1. The summed E-state index contributed by atoms with van der Waals surface area (Å²) in [5, 5.41) is 8.07. The number of amides is 1. The van der Waals surface area contributed by atoms with Crippen LogP contribution >= 0.6 is 11.6 Å². The molecule has 0 aliphatic heterocycles. The van der Waals surface area contributed by atoms with Gasteiger partial charge in [0.2, 0.25) is 0 Å². The zero-order valence-corrected chi connectivity index (χ0v) is 13.9. The van der Waals surface area contributed by atoms with Gasteiger partial charge < -0.3 is 10.2 Å². The SMILES string of the molecule is CCc1c(C(=O)N(C)CCNC)cnn1-c1cccc(Cl)c1. The van der Waals surface area contributed by atoms with Gasteiger partial charge in [-0.3, -0.25) is 4.79 Å². The fraction of sp³-hybridized carbons (Fsp3) is 0.375. The number of likely N-dealkylation sites (N-methyl/N-ethyl adjacent to an activating group) is 2. The van der Waals surface area contributed by atoms with Crippen LogP contribution in [0.3, 0.4) is 0 Å². The quantitative estimate of drug-likeness (QED) is 0.889. The third-order valence-corrected chi connectivity index (χ3v) is 3.77. The summed E-state index contributed by atoms with van der Waals surface area (Å²) < 4.78 is 1.78. The Morgan fingerprint density at radius 1 is 1.45 bits per heavy atom. The van der Waals surface area contributed by atoms with Gasteiger partial charge in [-0.25, -0.2) is 4.68 Å². The van der Waals surface area contributed by atoms with Crippen LogP contribution in [0.25, 0.3) is 5.69 Å². The molecule has 22 heavy (non-hydrogen) atoms. The second-order valence-electron chi connectivity index (χ2n) is 5.08. The van der Waals surface area contributed by atoms with Gasteiger partial charge in [0.05, 0.1) is 23.1 Å². The van der Waals surface area contributed by atoms with E-state index in [9.17, 15) is 4.79 Å². The third-order valence-electron chi connectivity index (χ3n) is 3.53. The maximum Gasteiger partial charge on any atom is 0.257 e. The summed E-state index contributed by atoms with van der Waals surface area (Å²) in [6, 6.07) is 7.46. The van der Waals surface area contributed by atoms with Gasteiger partial charge in [-0.1, -0.05) is 24.6 Å². The molecule has 0 radical (unpaired) electrons. The highest BCUT2D eigenvalue weighted by molar-refractivity contribution is 6.30. The van der Waals surface area contributed by atoms with E-state index in [-0.39, 0.29) is 5.91 Å². The number of nitrogens with zero attached hydrogens (tertiary/aromatic N) is 3. The number of aromatic nitrogens is 2. The molecule has 6 heteroatoms. The predicted molar refractivity (Wildman–Crippen MR) is 88.8 cm³/mol. The fourth-order valence-electron chi connectivity index (χ4n) is 2.31. The molecule has 0 unspecified atom stereocenters. The van der Waals surface area contributed by atoms with Crippen LogP contribution in [0.4, 0.5) is 0 Å². The van der Waals surface area contributed by atoms with Crippen molar-refractivity contribution in [3.63, 3.8) is 0 Å². The highest BCUT2D eigenvalue weighted by Gasteiger charge is 2.20. The van der Waals surface area contributed by atoms with Gasteiger partial charge >= 0.3 is 0 Å². The molecule has 2 aromatic rings. The molecular weight excluding hydrogens is 300 g/mol. The van der Waals surface area contributed by atoms with Crippen LogP contribution in [0.2, 0.25) is 5.02 Å². The van der Waals surface area contributed by atoms with Crippen molar-refractivity contribution in [1.29, 1.82) is 0 Å². The average molecular weight is 321 g/mol. The van der Waals surface area contributed by atoms with Crippen molar-refractivity contribution >= 4 is 17.5 Å². The van der Waals surface area contributed by atoms with Crippen molar-refractivity contribution in [2.75, 3.05) is 27.2 Å². The lowest BCUT2D eigenvalue weighted by molar-refractivity contribution is 0.0796. The maximum atomic E-state index is 12.6. The minimum Gasteiger partial charge on any atom is -0.340 e. The molecule has 0 saturated carbocycles. The van der Waals surface area contributed by atoms with Gasteiger partial charge in [0.25, 0.3) is 5.91 Å². The second kappa shape index (κ2) is 7.42. The fourth-order valence-corrected chi connectivity index (χ4v) is 2.49. The number of nitrogens with one attached hydrogen (secondary N) is 1. The molecule has 0 fully saturated rings. The van der Waals surface area contributed by atoms with Gasteiger partial charge in [-0.15, -0.1) is 0 Å². The zero-order chi connectivity index (χ0) is 16.1. The number of halogens is 1. The van der Waals surface area contributed by atoms with Crippen LogP contribution < -0.4 is 5.32 Å². The first-order valence-corrected chi connectivity index (χ1v) is 7.69. The van der Waals surface area contributed by atoms with Crippen molar-refractivity contribution in [2.45, 2.75) is 13.3 Å². The van der Waals surface area contributed by atoms with E-state index in [0.717, 1.165) is 17.9 Å². The predicted octanol–water partition coefficient (Wildman–Crippen LogP) is 2.38. The van der Waals surface area contributed by atoms with Gasteiger partial charge in [0, 0.05) is 25.2 Å². The standard InChI is InChI=1S/C16H21ClN4O/c1-4-15-14(16(22)20(3)9-8-18-2)11-19-21(15)13-7-5-6-12(17)10-13/h5-7,10-11,18H,4,8-9H2,1-3H3. The van der Waals surface area contributed by atoms with Crippen LogP contribution in [0.5, 0.6) is 0 Å². The highest BCUT2D eigenvalue weighted by atomic mass is 35.5. The Labute approximate surface area is 135 Å². The molecular formula is C16H21ClN4O. The van der Waals surface area contributed by atoms with E-state index in [2.05, 4.69) is 10.4 Å². The Kier molecular flexibility index (Phi) is 5.57. The van der Waals surface area contributed by atoms with Gasteiger partial charge in [-0.2, -0.15) is 5.10 Å². The van der Waals surface area contributed by atoms with Crippen molar-refractivity contribution in [1.82, 2.24) is 20.0 Å². The number of rotatable bonds is 6. The lowest BCUT2D eigenvalue weighted by atomic mass is 10.1. The first-order valence-electron chi connectivity index (χ1n) is 7.31. The van der Waals surface area contributed by atoms with Gasteiger partial charge in [-0.05, 0) is 31.7 Å². The Bertz CT molecular complexity index is 653. The molecule has 1 heterocycles. The van der Waals surface area contributed by atoms with Crippen molar-refractivity contribution in [3.05, 3.63) is 46.7 Å². The van der Waals surface area contributed by atoms with Crippen molar-refractivity contribution in [3.8, 4) is 5.69 Å². The summed E-state index contributed by atoms with van der Waals surface area (Å²) in [7, 11) is 3.67. The molecule has 0 aliphatic carbocycles. The number of hydrogen-bond donors (Lipinski definition) is 1. The third kappa shape index (κ3) is 3.48. The highest BCUT2D eigenvalue weighted by Crippen LogP contribution is 2.19. The van der Waals surface area contributed by atoms with Gasteiger partial charge in [0.1, 0.15) is 0 Å². The van der Waals surface area contributed by atoms with E-state index in [1.54, 1.807) is 22.8 Å². The number of benzene rings is 1. The number of hydrogen-bond acceptors (Lipinski definition) is 3. The normalized spacial score (nSPS) is 10.7. The van der Waals surface area contributed by atoms with Crippen LogP contribution in [-0.2, 0) is 6.42 Å². The summed E-state index contributed by atoms with van der Waals surface area (Å²) >= 11 is 6.04. The topological polar surface area (TPSA) is 50.2 Å². The lowest BCUT2D eigenvalue weighted by Gasteiger charge is -2.17. The lowest BCUT2D eigenvalue weighted by Crippen LogP contribution is -2.33. The molecule has 0 saturated heterocycles. The van der Waals surface area contributed by atoms with Crippen molar-refractivity contribution in [2.24, 2.45) is 0 Å². The van der Waals surface area contributed by atoms with Crippen molar-refractivity contribution < 1.29 is 4.79 Å². The first kappa shape index (κ1) is 16.5. The smallest absolute Gasteiger partial charge is 0.257 e. The molecule has 1 aromatic carbocycles. The molecule has 0 aliphatic rings. The molecule has 0 atom stereocenters. The van der Waals surface area contributed by atoms with E-state index < -0.39 is 0 Å². The summed E-state index contributed by atoms with van der Waals surface area (Å²) in [5.41, 5.74) is 2.39. The molecule has 5 nitrogen and oxygen atoms in total. The molecule has 2 rings (SSSR count). The van der Waals surface area contributed by atoms with E-state index >= 15 is 0 Å². The van der Waals surface area contributed by atoms with E-state index in [1.165, 1.54) is 0 Å². The maximum absolute atomic E-state index is 12.6. The van der Waals surface area contributed by atoms with E-state index in [0.29, 0.717) is 23.6 Å². The Hall–Kier alpha value is -1.85. The molecule has 118 valence electrons. The molecule has 1 amide bonds. The monoisotopic (exact) mass is 320 g/mol. The Morgan fingerprint density at radius 2 is 2.23 bits per heavy atom. The average Bonchev–Trinajstić information content (AvgIpc) is 2.95. The van der Waals surface area contributed by atoms with Crippen LogP contribution in [0.15, 0.2) is 30.5 Å². The minimum atomic E-state index is -0.0135. The Morgan fingerprint density at radius 3 is 2.86 bits per heavy atom. The zero-order valence-electron chi connectivity index (χ0n) is 13.1. The Balaban J connectivity index is 2.33. The molecule has 1 aromatic heterocycles. The molecule has 0 bridgehead atoms. The first-order chi connectivity index (χ1) is 10.6. The summed E-state index contributed by atoms with van der Waals surface area (Å²) in [4.78, 5) is 14.3. The molecule has 1 N–H and O–H groups in total. The minimum absolute atomic E-state index is 0.0135. The van der Waals surface area contributed by atoms with E-state index in [1.807, 2.05) is 38.2 Å². The van der Waals surface area contributed by atoms with Crippen LogP contribution in [0, 0.1) is 0 Å².